The monoisotopic (exact) mass is 361 g/mol. The number of hydrogen-bond donors (Lipinski definition) is 1. The second kappa shape index (κ2) is 5.88. The molecule has 4 nitrogen and oxygen atoms in total. The van der Waals surface area contributed by atoms with E-state index < -0.39 is 0 Å². The molecule has 1 aromatic carbocycles. The lowest BCUT2D eigenvalue weighted by atomic mass is 10.1. The Kier molecular flexibility index (Phi) is 4.08. The molecule has 3 rings (SSSR count). The Labute approximate surface area is 139 Å². The average Bonchev–Trinajstić information content (AvgIpc) is 3.31. The molecule has 0 saturated heterocycles. The number of nitrogens with zero attached hydrogens (tertiary/aromatic N) is 2. The van der Waals surface area contributed by atoms with Gasteiger partial charge in [0.2, 0.25) is 0 Å². The second-order valence-electron chi connectivity index (χ2n) is 5.82. The molecule has 1 aliphatic rings. The van der Waals surface area contributed by atoms with Gasteiger partial charge in [0, 0.05) is 17.2 Å². The first-order chi connectivity index (χ1) is 10.5. The maximum atomic E-state index is 5.40. The molecular weight excluding hydrogens is 342 g/mol. The number of ether oxygens (including phenoxy) is 1. The Bertz CT molecular complexity index is 726. The number of hydrogen-bond acceptors (Lipinski definition) is 4. The van der Waals surface area contributed by atoms with Crippen molar-refractivity contribution < 1.29 is 4.74 Å². The average molecular weight is 362 g/mol. The number of rotatable bonds is 4. The maximum Gasteiger partial charge on any atom is 0.164 e. The highest BCUT2D eigenvalue weighted by Crippen LogP contribution is 2.41. The third kappa shape index (κ3) is 2.82. The van der Waals surface area contributed by atoms with Crippen molar-refractivity contribution >= 4 is 27.4 Å². The van der Waals surface area contributed by atoms with Gasteiger partial charge in [0.15, 0.2) is 5.82 Å². The summed E-state index contributed by atoms with van der Waals surface area (Å²) in [5, 5.41) is 3.41. The van der Waals surface area contributed by atoms with Gasteiger partial charge in [-0.25, -0.2) is 9.97 Å². The molecule has 2 aromatic rings. The molecule has 5 heteroatoms. The molecule has 0 atom stereocenters. The van der Waals surface area contributed by atoms with E-state index in [9.17, 15) is 0 Å². The van der Waals surface area contributed by atoms with Crippen LogP contribution in [0.3, 0.4) is 0 Å². The predicted octanol–water partition coefficient (Wildman–Crippen LogP) is 4.79. The lowest BCUT2D eigenvalue weighted by Gasteiger charge is -2.16. The molecule has 0 spiro atoms. The van der Waals surface area contributed by atoms with Crippen molar-refractivity contribution in [3.05, 3.63) is 39.3 Å². The van der Waals surface area contributed by atoms with E-state index in [1.165, 1.54) is 12.8 Å². The van der Waals surface area contributed by atoms with Crippen molar-refractivity contribution in [2.75, 3.05) is 12.4 Å². The van der Waals surface area contributed by atoms with Gasteiger partial charge in [0.05, 0.1) is 18.5 Å². The van der Waals surface area contributed by atoms with Gasteiger partial charge < -0.3 is 10.1 Å². The summed E-state index contributed by atoms with van der Waals surface area (Å²) in [4.78, 5) is 9.40. The molecular formula is C17H20BrN3O. The Morgan fingerprint density at radius 2 is 1.91 bits per heavy atom. The van der Waals surface area contributed by atoms with Crippen molar-refractivity contribution in [1.82, 2.24) is 9.97 Å². The zero-order chi connectivity index (χ0) is 15.9. The van der Waals surface area contributed by atoms with Crippen LogP contribution in [0.2, 0.25) is 0 Å². The van der Waals surface area contributed by atoms with Crippen molar-refractivity contribution in [3.63, 3.8) is 0 Å². The van der Waals surface area contributed by atoms with E-state index in [-0.39, 0.29) is 0 Å². The van der Waals surface area contributed by atoms with E-state index in [4.69, 9.17) is 14.7 Å². The van der Waals surface area contributed by atoms with Crippen LogP contribution in [0.15, 0.2) is 16.7 Å². The van der Waals surface area contributed by atoms with Crippen LogP contribution in [-0.4, -0.2) is 17.1 Å². The van der Waals surface area contributed by atoms with Gasteiger partial charge >= 0.3 is 0 Å². The summed E-state index contributed by atoms with van der Waals surface area (Å²) in [7, 11) is 1.69. The zero-order valence-electron chi connectivity index (χ0n) is 13.3. The van der Waals surface area contributed by atoms with Crippen LogP contribution in [0.1, 0.15) is 41.3 Å². The Balaban J connectivity index is 1.98. The van der Waals surface area contributed by atoms with Gasteiger partial charge in [0.1, 0.15) is 10.4 Å². The van der Waals surface area contributed by atoms with Crippen molar-refractivity contribution in [2.45, 2.75) is 39.5 Å². The highest BCUT2D eigenvalue weighted by molar-refractivity contribution is 9.10. The zero-order valence-corrected chi connectivity index (χ0v) is 14.9. The van der Waals surface area contributed by atoms with Crippen LogP contribution >= 0.6 is 15.9 Å². The predicted molar refractivity (Wildman–Crippen MR) is 92.2 cm³/mol. The van der Waals surface area contributed by atoms with E-state index in [2.05, 4.69) is 28.2 Å². The summed E-state index contributed by atoms with van der Waals surface area (Å²) in [6.45, 7) is 6.14. The molecule has 1 N–H and O–H groups in total. The molecule has 1 saturated carbocycles. The molecule has 1 aromatic heterocycles. The third-order valence-corrected chi connectivity index (χ3v) is 4.67. The summed E-state index contributed by atoms with van der Waals surface area (Å²) < 4.78 is 6.17. The lowest BCUT2D eigenvalue weighted by Crippen LogP contribution is -2.05. The number of aromatic nitrogens is 2. The van der Waals surface area contributed by atoms with Crippen LogP contribution < -0.4 is 10.1 Å². The molecule has 0 aliphatic heterocycles. The van der Waals surface area contributed by atoms with E-state index in [0.717, 1.165) is 44.4 Å². The maximum absolute atomic E-state index is 5.40. The number of aryl methyl sites for hydroxylation is 2. The van der Waals surface area contributed by atoms with Crippen LogP contribution in [0, 0.1) is 20.8 Å². The third-order valence-electron chi connectivity index (χ3n) is 4.12. The van der Waals surface area contributed by atoms with E-state index in [1.807, 2.05) is 26.0 Å². The van der Waals surface area contributed by atoms with Crippen molar-refractivity contribution in [3.8, 4) is 5.75 Å². The largest absolute Gasteiger partial charge is 0.496 e. The first-order valence-electron chi connectivity index (χ1n) is 7.46. The number of anilines is 2. The fourth-order valence-electron chi connectivity index (χ4n) is 2.69. The van der Waals surface area contributed by atoms with Crippen LogP contribution in [0.4, 0.5) is 11.5 Å². The molecule has 116 valence electrons. The number of benzene rings is 1. The molecule has 0 bridgehead atoms. The number of methoxy groups -OCH3 is 1. The fraction of sp³-hybridized carbons (Fsp3) is 0.412. The molecule has 1 heterocycles. The summed E-state index contributed by atoms with van der Waals surface area (Å²) in [5.74, 6) is 2.21. The first-order valence-corrected chi connectivity index (χ1v) is 8.25. The molecule has 0 unspecified atom stereocenters. The van der Waals surface area contributed by atoms with Crippen LogP contribution in [-0.2, 0) is 0 Å². The quantitative estimate of drug-likeness (QED) is 0.849. The summed E-state index contributed by atoms with van der Waals surface area (Å²) in [5.41, 5.74) is 5.37. The van der Waals surface area contributed by atoms with Gasteiger partial charge in [-0.1, -0.05) is 6.07 Å². The van der Waals surface area contributed by atoms with Crippen LogP contribution in [0.25, 0.3) is 0 Å². The van der Waals surface area contributed by atoms with E-state index >= 15 is 0 Å². The Morgan fingerprint density at radius 1 is 1.18 bits per heavy atom. The Morgan fingerprint density at radius 3 is 2.55 bits per heavy atom. The first kappa shape index (κ1) is 15.3. The van der Waals surface area contributed by atoms with Gasteiger partial charge in [-0.15, -0.1) is 0 Å². The SMILES string of the molecule is COc1ccc(C)c(Nc2nc(C)c(C3CC3)nc2Br)c1C. The van der Waals surface area contributed by atoms with Crippen LogP contribution in [0.5, 0.6) is 5.75 Å². The van der Waals surface area contributed by atoms with Gasteiger partial charge in [-0.05, 0) is 61.2 Å². The fourth-order valence-corrected chi connectivity index (χ4v) is 3.07. The normalized spacial score (nSPS) is 14.0. The standard InChI is InChI=1S/C17H20BrN3O/c1-9-5-8-13(22-4)10(2)14(9)21-17-16(18)20-15(11(3)19-17)12-6-7-12/h5,8,12H,6-7H2,1-4H3,(H,19,21). The highest BCUT2D eigenvalue weighted by atomic mass is 79.9. The minimum Gasteiger partial charge on any atom is -0.496 e. The molecule has 0 radical (unpaired) electrons. The minimum atomic E-state index is 0.596. The highest BCUT2D eigenvalue weighted by Gasteiger charge is 2.28. The summed E-state index contributed by atoms with van der Waals surface area (Å²) >= 11 is 3.55. The Hall–Kier alpha value is -1.62. The van der Waals surface area contributed by atoms with E-state index in [1.54, 1.807) is 7.11 Å². The van der Waals surface area contributed by atoms with E-state index in [0.29, 0.717) is 5.92 Å². The van der Waals surface area contributed by atoms with Crippen molar-refractivity contribution in [1.29, 1.82) is 0 Å². The topological polar surface area (TPSA) is 47.0 Å². The smallest absolute Gasteiger partial charge is 0.164 e. The minimum absolute atomic E-state index is 0.596. The van der Waals surface area contributed by atoms with Gasteiger partial charge in [-0.2, -0.15) is 0 Å². The molecule has 1 aliphatic carbocycles. The van der Waals surface area contributed by atoms with Gasteiger partial charge in [-0.3, -0.25) is 0 Å². The molecule has 0 amide bonds. The molecule has 1 fully saturated rings. The second-order valence-corrected chi connectivity index (χ2v) is 6.57. The summed E-state index contributed by atoms with van der Waals surface area (Å²) in [6.07, 6.45) is 2.45. The molecule has 22 heavy (non-hydrogen) atoms. The van der Waals surface area contributed by atoms with Gasteiger partial charge in [0.25, 0.3) is 0 Å². The summed E-state index contributed by atoms with van der Waals surface area (Å²) in [6, 6.07) is 4.03. The number of nitrogens with one attached hydrogen (secondary N) is 1. The number of halogens is 1. The lowest BCUT2D eigenvalue weighted by molar-refractivity contribution is 0.412. The van der Waals surface area contributed by atoms with Crippen molar-refractivity contribution in [2.24, 2.45) is 0 Å².